The molecule has 1 rings (SSSR count). The van der Waals surface area contributed by atoms with Gasteiger partial charge in [0, 0.05) is 45.9 Å². The molecule has 1 fully saturated rings. The quantitative estimate of drug-likeness (QED) is 0.622. The second-order valence-electron chi connectivity index (χ2n) is 3.75. The number of nitrogens with zero attached hydrogens (tertiary/aromatic N) is 1. The van der Waals surface area contributed by atoms with Crippen molar-refractivity contribution in [2.75, 3.05) is 59.2 Å². The summed E-state index contributed by atoms with van der Waals surface area (Å²) in [6, 6.07) is 0. The lowest BCUT2D eigenvalue weighted by molar-refractivity contribution is 0.139. The highest BCUT2D eigenvalue weighted by Gasteiger charge is 2.07. The minimum atomic E-state index is 0.811. The third-order valence-corrected chi connectivity index (χ3v) is 2.55. The SMILES string of the molecule is CCOCCNCCN1CCCOCC1. The van der Waals surface area contributed by atoms with Crippen LogP contribution >= 0.6 is 0 Å². The predicted octanol–water partition coefficient (Wildman–Crippen LogP) is 0.335. The van der Waals surface area contributed by atoms with E-state index in [9.17, 15) is 0 Å². The van der Waals surface area contributed by atoms with E-state index in [-0.39, 0.29) is 0 Å². The molecular weight excluding hydrogens is 192 g/mol. The average molecular weight is 216 g/mol. The van der Waals surface area contributed by atoms with Gasteiger partial charge in [0.15, 0.2) is 0 Å². The smallest absolute Gasteiger partial charge is 0.0593 e. The molecule has 1 heterocycles. The Labute approximate surface area is 92.9 Å². The number of nitrogens with one attached hydrogen (secondary N) is 1. The summed E-state index contributed by atoms with van der Waals surface area (Å²) in [6.45, 7) is 10.8. The Balaban J connectivity index is 1.89. The van der Waals surface area contributed by atoms with Crippen LogP contribution in [-0.2, 0) is 9.47 Å². The van der Waals surface area contributed by atoms with Gasteiger partial charge in [0.2, 0.25) is 0 Å². The first-order valence-corrected chi connectivity index (χ1v) is 6.02. The topological polar surface area (TPSA) is 33.7 Å². The van der Waals surface area contributed by atoms with Crippen molar-refractivity contribution in [1.82, 2.24) is 10.2 Å². The molecule has 0 bridgehead atoms. The molecule has 1 aliphatic rings. The Morgan fingerprint density at radius 2 is 2.20 bits per heavy atom. The summed E-state index contributed by atoms with van der Waals surface area (Å²) in [5.41, 5.74) is 0. The van der Waals surface area contributed by atoms with Crippen LogP contribution in [0, 0.1) is 0 Å². The number of ether oxygens (including phenoxy) is 2. The molecule has 90 valence electrons. The summed E-state index contributed by atoms with van der Waals surface area (Å²) >= 11 is 0. The highest BCUT2D eigenvalue weighted by molar-refractivity contribution is 4.62. The molecule has 0 amide bonds. The maximum atomic E-state index is 5.40. The van der Waals surface area contributed by atoms with Gasteiger partial charge in [0.25, 0.3) is 0 Å². The van der Waals surface area contributed by atoms with Gasteiger partial charge in [-0.05, 0) is 13.3 Å². The molecule has 0 saturated carbocycles. The molecule has 0 atom stereocenters. The van der Waals surface area contributed by atoms with Crippen molar-refractivity contribution in [2.45, 2.75) is 13.3 Å². The standard InChI is InChI=1S/C11H24N2O2/c1-2-14-10-5-12-4-7-13-6-3-9-15-11-8-13/h12H,2-11H2,1H3. The van der Waals surface area contributed by atoms with E-state index in [1.54, 1.807) is 0 Å². The second kappa shape index (κ2) is 9.09. The summed E-state index contributed by atoms with van der Waals surface area (Å²) in [4.78, 5) is 2.46. The molecule has 0 radical (unpaired) electrons. The fourth-order valence-electron chi connectivity index (χ4n) is 1.67. The van der Waals surface area contributed by atoms with Gasteiger partial charge < -0.3 is 14.8 Å². The van der Waals surface area contributed by atoms with Gasteiger partial charge in [-0.2, -0.15) is 0 Å². The van der Waals surface area contributed by atoms with Crippen LogP contribution in [0.15, 0.2) is 0 Å². The minimum Gasteiger partial charge on any atom is -0.380 e. The lowest BCUT2D eigenvalue weighted by Gasteiger charge is -2.18. The van der Waals surface area contributed by atoms with Crippen molar-refractivity contribution in [2.24, 2.45) is 0 Å². The zero-order valence-electron chi connectivity index (χ0n) is 9.83. The minimum absolute atomic E-state index is 0.811. The Kier molecular flexibility index (Phi) is 7.83. The van der Waals surface area contributed by atoms with E-state index in [1.807, 2.05) is 6.92 Å². The fourth-order valence-corrected chi connectivity index (χ4v) is 1.67. The summed E-state index contributed by atoms with van der Waals surface area (Å²) in [7, 11) is 0. The van der Waals surface area contributed by atoms with E-state index in [2.05, 4.69) is 10.2 Å². The summed E-state index contributed by atoms with van der Waals surface area (Å²) in [5, 5.41) is 3.38. The lowest BCUT2D eigenvalue weighted by Crippen LogP contribution is -2.34. The number of hydrogen-bond acceptors (Lipinski definition) is 4. The Hall–Kier alpha value is -0.160. The van der Waals surface area contributed by atoms with Gasteiger partial charge in [0.1, 0.15) is 0 Å². The maximum absolute atomic E-state index is 5.40. The maximum Gasteiger partial charge on any atom is 0.0593 e. The van der Waals surface area contributed by atoms with E-state index in [0.29, 0.717) is 0 Å². The van der Waals surface area contributed by atoms with Crippen LogP contribution in [0.25, 0.3) is 0 Å². The zero-order valence-corrected chi connectivity index (χ0v) is 9.83. The van der Waals surface area contributed by atoms with E-state index < -0.39 is 0 Å². The van der Waals surface area contributed by atoms with Crippen LogP contribution in [-0.4, -0.2) is 64.1 Å². The van der Waals surface area contributed by atoms with Gasteiger partial charge >= 0.3 is 0 Å². The largest absolute Gasteiger partial charge is 0.380 e. The first kappa shape index (κ1) is 12.9. The van der Waals surface area contributed by atoms with Crippen molar-refractivity contribution in [3.05, 3.63) is 0 Å². The Morgan fingerprint density at radius 1 is 1.27 bits per heavy atom. The van der Waals surface area contributed by atoms with Crippen molar-refractivity contribution in [3.63, 3.8) is 0 Å². The summed E-state index contributed by atoms with van der Waals surface area (Å²) in [5.74, 6) is 0. The van der Waals surface area contributed by atoms with Crippen molar-refractivity contribution >= 4 is 0 Å². The first-order chi connectivity index (χ1) is 7.43. The second-order valence-corrected chi connectivity index (χ2v) is 3.75. The van der Waals surface area contributed by atoms with Gasteiger partial charge in [-0.15, -0.1) is 0 Å². The first-order valence-electron chi connectivity index (χ1n) is 6.02. The van der Waals surface area contributed by atoms with E-state index >= 15 is 0 Å². The normalized spacial score (nSPS) is 19.0. The molecule has 4 heteroatoms. The molecular formula is C11H24N2O2. The van der Waals surface area contributed by atoms with E-state index in [4.69, 9.17) is 9.47 Å². The number of rotatable bonds is 7. The van der Waals surface area contributed by atoms with Crippen molar-refractivity contribution in [3.8, 4) is 0 Å². The summed E-state index contributed by atoms with van der Waals surface area (Å²) in [6.07, 6.45) is 1.17. The molecule has 0 aliphatic carbocycles. The third-order valence-electron chi connectivity index (χ3n) is 2.55. The van der Waals surface area contributed by atoms with Gasteiger partial charge in [-0.25, -0.2) is 0 Å². The van der Waals surface area contributed by atoms with Crippen molar-refractivity contribution in [1.29, 1.82) is 0 Å². The molecule has 0 aromatic heterocycles. The van der Waals surface area contributed by atoms with Gasteiger partial charge in [0.05, 0.1) is 13.2 Å². The van der Waals surface area contributed by atoms with Crippen LogP contribution < -0.4 is 5.32 Å². The van der Waals surface area contributed by atoms with E-state index in [0.717, 1.165) is 52.6 Å². The predicted molar refractivity (Wildman–Crippen MR) is 61.2 cm³/mol. The lowest BCUT2D eigenvalue weighted by atomic mass is 10.4. The molecule has 0 aromatic rings. The summed E-state index contributed by atoms with van der Waals surface area (Å²) < 4.78 is 10.7. The molecule has 1 N–H and O–H groups in total. The van der Waals surface area contributed by atoms with Crippen molar-refractivity contribution < 1.29 is 9.47 Å². The molecule has 4 nitrogen and oxygen atoms in total. The zero-order chi connectivity index (χ0) is 10.8. The van der Waals surface area contributed by atoms with Gasteiger partial charge in [-0.1, -0.05) is 0 Å². The highest BCUT2D eigenvalue weighted by atomic mass is 16.5. The Morgan fingerprint density at radius 3 is 3.07 bits per heavy atom. The molecule has 0 spiro atoms. The van der Waals surface area contributed by atoms with Crippen LogP contribution in [0.2, 0.25) is 0 Å². The third kappa shape index (κ3) is 6.84. The van der Waals surface area contributed by atoms with Crippen LogP contribution in [0.1, 0.15) is 13.3 Å². The molecule has 0 aromatic carbocycles. The number of hydrogen-bond donors (Lipinski definition) is 1. The molecule has 0 unspecified atom stereocenters. The molecule has 1 aliphatic heterocycles. The molecule has 15 heavy (non-hydrogen) atoms. The Bertz CT molecular complexity index is 137. The molecule has 1 saturated heterocycles. The highest BCUT2D eigenvalue weighted by Crippen LogP contribution is 1.97. The van der Waals surface area contributed by atoms with Crippen LogP contribution in [0.3, 0.4) is 0 Å². The fraction of sp³-hybridized carbons (Fsp3) is 1.00. The monoisotopic (exact) mass is 216 g/mol. The van der Waals surface area contributed by atoms with E-state index in [1.165, 1.54) is 13.0 Å². The van der Waals surface area contributed by atoms with Gasteiger partial charge in [-0.3, -0.25) is 4.90 Å². The van der Waals surface area contributed by atoms with Crippen LogP contribution in [0.4, 0.5) is 0 Å². The van der Waals surface area contributed by atoms with Crippen LogP contribution in [0.5, 0.6) is 0 Å². The average Bonchev–Trinajstić information content (AvgIpc) is 2.52.